The van der Waals surface area contributed by atoms with Gasteiger partial charge in [-0.25, -0.2) is 0 Å². The lowest BCUT2D eigenvalue weighted by molar-refractivity contribution is -0.145. The number of carbonyl (C=O) groups is 1. The second-order valence-electron chi connectivity index (χ2n) is 4.17. The summed E-state index contributed by atoms with van der Waals surface area (Å²) in [5.41, 5.74) is 0.0222. The second-order valence-corrected chi connectivity index (χ2v) is 5.08. The fourth-order valence-corrected chi connectivity index (χ4v) is 1.76. The summed E-state index contributed by atoms with van der Waals surface area (Å²) in [5.74, 6) is -0.726. The third-order valence-electron chi connectivity index (χ3n) is 3.04. The Bertz CT molecular complexity index is 356. The molecule has 15 heavy (non-hydrogen) atoms. The summed E-state index contributed by atoms with van der Waals surface area (Å²) in [6.07, 6.45) is 0. The van der Waals surface area contributed by atoms with E-state index in [2.05, 4.69) is 15.9 Å². The molecule has 0 aliphatic rings. The van der Waals surface area contributed by atoms with Crippen molar-refractivity contribution in [3.63, 3.8) is 0 Å². The Kier molecular flexibility index (Phi) is 3.55. The van der Waals surface area contributed by atoms with Gasteiger partial charge in [-0.2, -0.15) is 0 Å². The Labute approximate surface area is 98.4 Å². The Hall–Kier alpha value is -0.830. The molecule has 0 amide bonds. The van der Waals surface area contributed by atoms with Crippen LogP contribution in [0, 0.1) is 5.92 Å². The largest absolute Gasteiger partial charge is 0.481 e. The number of hydrogen-bond acceptors (Lipinski definition) is 1. The molecule has 0 saturated heterocycles. The van der Waals surface area contributed by atoms with E-state index in [1.54, 1.807) is 6.92 Å². The van der Waals surface area contributed by atoms with Crippen LogP contribution in [0.15, 0.2) is 28.7 Å². The van der Waals surface area contributed by atoms with Gasteiger partial charge in [0.25, 0.3) is 0 Å². The first-order valence-corrected chi connectivity index (χ1v) is 5.67. The quantitative estimate of drug-likeness (QED) is 0.914. The number of carboxylic acids is 1. The van der Waals surface area contributed by atoms with Gasteiger partial charge < -0.3 is 5.11 Å². The number of carboxylic acid groups (broad SMARTS) is 1. The van der Waals surface area contributed by atoms with Crippen LogP contribution in [-0.4, -0.2) is 11.1 Å². The lowest BCUT2D eigenvalue weighted by Crippen LogP contribution is -2.37. The predicted molar refractivity (Wildman–Crippen MR) is 64.0 cm³/mol. The first-order chi connectivity index (χ1) is 6.89. The Morgan fingerprint density at radius 3 is 2.13 bits per heavy atom. The fraction of sp³-hybridized carbons (Fsp3) is 0.417. The van der Waals surface area contributed by atoms with Crippen molar-refractivity contribution >= 4 is 21.9 Å². The van der Waals surface area contributed by atoms with Crippen molar-refractivity contribution in [1.29, 1.82) is 0 Å². The van der Waals surface area contributed by atoms with E-state index in [1.807, 2.05) is 38.1 Å². The number of benzene rings is 1. The minimum absolute atomic E-state index is 0.0520. The van der Waals surface area contributed by atoms with Crippen LogP contribution in [0.25, 0.3) is 0 Å². The molecule has 82 valence electrons. The molecular formula is C12H15BrO2. The maximum Gasteiger partial charge on any atom is 0.314 e. The molecule has 2 nitrogen and oxygen atoms in total. The molecule has 1 N–H and O–H groups in total. The maximum atomic E-state index is 11.3. The van der Waals surface area contributed by atoms with E-state index < -0.39 is 11.4 Å². The van der Waals surface area contributed by atoms with Crippen LogP contribution in [0.1, 0.15) is 26.3 Å². The van der Waals surface area contributed by atoms with Crippen LogP contribution >= 0.6 is 15.9 Å². The highest BCUT2D eigenvalue weighted by atomic mass is 79.9. The average Bonchev–Trinajstić information content (AvgIpc) is 2.17. The van der Waals surface area contributed by atoms with Gasteiger partial charge in [0.2, 0.25) is 0 Å². The first kappa shape index (κ1) is 12.2. The number of aliphatic carboxylic acids is 1. The van der Waals surface area contributed by atoms with Crippen molar-refractivity contribution in [3.8, 4) is 0 Å². The van der Waals surface area contributed by atoms with Gasteiger partial charge in [0, 0.05) is 4.47 Å². The van der Waals surface area contributed by atoms with Gasteiger partial charge in [-0.05, 0) is 30.5 Å². The van der Waals surface area contributed by atoms with E-state index in [0.29, 0.717) is 0 Å². The molecule has 0 bridgehead atoms. The number of rotatable bonds is 3. The van der Waals surface area contributed by atoms with Crippen molar-refractivity contribution in [1.82, 2.24) is 0 Å². The summed E-state index contributed by atoms with van der Waals surface area (Å²) < 4.78 is 0.961. The predicted octanol–water partition coefficient (Wildman–Crippen LogP) is 3.45. The molecule has 1 aromatic rings. The monoisotopic (exact) mass is 270 g/mol. The zero-order chi connectivity index (χ0) is 11.6. The fourth-order valence-electron chi connectivity index (χ4n) is 1.50. The second kappa shape index (κ2) is 4.35. The van der Waals surface area contributed by atoms with Crippen LogP contribution in [0.3, 0.4) is 0 Å². The Morgan fingerprint density at radius 2 is 1.80 bits per heavy atom. The third-order valence-corrected chi connectivity index (χ3v) is 3.57. The van der Waals surface area contributed by atoms with E-state index in [1.165, 1.54) is 0 Å². The topological polar surface area (TPSA) is 37.3 Å². The minimum Gasteiger partial charge on any atom is -0.481 e. The molecule has 1 aromatic carbocycles. The van der Waals surface area contributed by atoms with E-state index in [0.717, 1.165) is 10.0 Å². The molecule has 0 saturated carbocycles. The van der Waals surface area contributed by atoms with E-state index in [9.17, 15) is 9.90 Å². The molecule has 0 radical (unpaired) electrons. The first-order valence-electron chi connectivity index (χ1n) is 4.88. The summed E-state index contributed by atoms with van der Waals surface area (Å²) in [7, 11) is 0. The summed E-state index contributed by atoms with van der Waals surface area (Å²) in [6, 6.07) is 7.47. The molecular weight excluding hydrogens is 256 g/mol. The van der Waals surface area contributed by atoms with Gasteiger partial charge >= 0.3 is 5.97 Å². The van der Waals surface area contributed by atoms with Gasteiger partial charge in [-0.1, -0.05) is 41.9 Å². The highest BCUT2D eigenvalue weighted by Crippen LogP contribution is 2.32. The molecule has 0 heterocycles. The zero-order valence-electron chi connectivity index (χ0n) is 9.12. The van der Waals surface area contributed by atoms with Crippen LogP contribution < -0.4 is 0 Å². The molecule has 0 fully saturated rings. The molecule has 0 spiro atoms. The summed E-state index contributed by atoms with van der Waals surface area (Å²) in [5, 5.41) is 9.31. The standard InChI is InChI=1S/C12H15BrO2/c1-8(2)12(3,11(14)15)9-4-6-10(13)7-5-9/h4-8H,1-3H3,(H,14,15)/t12-/m1/s1. The smallest absolute Gasteiger partial charge is 0.314 e. The van der Waals surface area contributed by atoms with Crippen molar-refractivity contribution in [2.24, 2.45) is 5.92 Å². The molecule has 3 heteroatoms. The van der Waals surface area contributed by atoms with E-state index in [4.69, 9.17) is 0 Å². The van der Waals surface area contributed by atoms with Crippen LogP contribution in [0.2, 0.25) is 0 Å². The van der Waals surface area contributed by atoms with Gasteiger partial charge in [0.1, 0.15) is 0 Å². The molecule has 1 atom stereocenters. The molecule has 0 aliphatic carbocycles. The van der Waals surface area contributed by atoms with Crippen LogP contribution in [0.4, 0.5) is 0 Å². The minimum atomic E-state index is -0.819. The highest BCUT2D eigenvalue weighted by Gasteiger charge is 2.38. The Balaban J connectivity index is 3.22. The molecule has 1 rings (SSSR count). The zero-order valence-corrected chi connectivity index (χ0v) is 10.7. The molecule has 0 unspecified atom stereocenters. The van der Waals surface area contributed by atoms with Crippen LogP contribution in [-0.2, 0) is 10.2 Å². The average molecular weight is 271 g/mol. The summed E-state index contributed by atoms with van der Waals surface area (Å²) in [4.78, 5) is 11.3. The SMILES string of the molecule is CC(C)[C@@](C)(C(=O)O)c1ccc(Br)cc1. The van der Waals surface area contributed by atoms with Gasteiger partial charge in [-0.15, -0.1) is 0 Å². The molecule has 0 aliphatic heterocycles. The van der Waals surface area contributed by atoms with Crippen molar-refractivity contribution in [3.05, 3.63) is 34.3 Å². The lowest BCUT2D eigenvalue weighted by atomic mass is 9.73. The van der Waals surface area contributed by atoms with Gasteiger partial charge in [-0.3, -0.25) is 4.79 Å². The summed E-state index contributed by atoms with van der Waals surface area (Å²) in [6.45, 7) is 5.62. The van der Waals surface area contributed by atoms with Crippen molar-refractivity contribution < 1.29 is 9.90 Å². The highest BCUT2D eigenvalue weighted by molar-refractivity contribution is 9.10. The van der Waals surface area contributed by atoms with Gasteiger partial charge in [0.15, 0.2) is 0 Å². The van der Waals surface area contributed by atoms with E-state index >= 15 is 0 Å². The van der Waals surface area contributed by atoms with E-state index in [-0.39, 0.29) is 5.92 Å². The lowest BCUT2D eigenvalue weighted by Gasteiger charge is -2.29. The number of halogens is 1. The van der Waals surface area contributed by atoms with Crippen LogP contribution in [0.5, 0.6) is 0 Å². The van der Waals surface area contributed by atoms with Crippen molar-refractivity contribution in [2.75, 3.05) is 0 Å². The number of hydrogen-bond donors (Lipinski definition) is 1. The normalized spacial score (nSPS) is 15.0. The Morgan fingerprint density at radius 1 is 1.33 bits per heavy atom. The summed E-state index contributed by atoms with van der Waals surface area (Å²) >= 11 is 3.34. The maximum absolute atomic E-state index is 11.3. The molecule has 0 aromatic heterocycles. The third kappa shape index (κ3) is 2.23. The van der Waals surface area contributed by atoms with Crippen molar-refractivity contribution in [2.45, 2.75) is 26.2 Å². The van der Waals surface area contributed by atoms with Gasteiger partial charge in [0.05, 0.1) is 5.41 Å².